The highest BCUT2D eigenvalue weighted by Crippen LogP contribution is 2.39. The van der Waals surface area contributed by atoms with Gasteiger partial charge in [0.05, 0.1) is 30.7 Å². The number of halogens is 3. The molecule has 37 heavy (non-hydrogen) atoms. The molecule has 0 aliphatic carbocycles. The average molecular weight is 517 g/mol. The molecule has 0 spiro atoms. The van der Waals surface area contributed by atoms with E-state index in [1.165, 1.54) is 17.7 Å². The van der Waals surface area contributed by atoms with Gasteiger partial charge in [-0.3, -0.25) is 14.6 Å². The standard InChI is InChI=1S/C28H35F3N4O2/c29-28(30,31)23-6-7-25-22(18-23)19-24(27(36)32-9-11-33-14-16-37-17-15-33)26-20-34(12-13-35(25)26)10-8-21-4-2-1-3-5-21/h1-7,18,24,26H,8-17,19-20H2,(H,32,36)/t24-,26-/m1/s1. The lowest BCUT2D eigenvalue weighted by Crippen LogP contribution is -2.61. The van der Waals surface area contributed by atoms with Crippen molar-refractivity contribution in [3.05, 3.63) is 65.2 Å². The van der Waals surface area contributed by atoms with E-state index in [4.69, 9.17) is 4.74 Å². The van der Waals surface area contributed by atoms with Crippen LogP contribution in [0.1, 0.15) is 16.7 Å². The zero-order chi connectivity index (χ0) is 25.8. The van der Waals surface area contributed by atoms with Gasteiger partial charge in [0.15, 0.2) is 0 Å². The first-order valence-electron chi connectivity index (χ1n) is 13.2. The van der Waals surface area contributed by atoms with Crippen molar-refractivity contribution in [1.29, 1.82) is 0 Å². The molecule has 200 valence electrons. The Morgan fingerprint density at radius 3 is 2.51 bits per heavy atom. The van der Waals surface area contributed by atoms with Gasteiger partial charge < -0.3 is 15.0 Å². The molecule has 2 aromatic carbocycles. The number of hydrogen-bond acceptors (Lipinski definition) is 5. The molecule has 2 fully saturated rings. The Labute approximate surface area is 216 Å². The number of ether oxygens (including phenoxy) is 1. The summed E-state index contributed by atoms with van der Waals surface area (Å²) < 4.78 is 45.7. The van der Waals surface area contributed by atoms with Gasteiger partial charge in [-0.2, -0.15) is 13.2 Å². The molecule has 0 bridgehead atoms. The van der Waals surface area contributed by atoms with Gasteiger partial charge in [0, 0.05) is 58.0 Å². The number of nitrogens with zero attached hydrogens (tertiary/aromatic N) is 3. The van der Waals surface area contributed by atoms with Crippen LogP contribution in [0.25, 0.3) is 0 Å². The average Bonchev–Trinajstić information content (AvgIpc) is 2.91. The predicted octanol–water partition coefficient (Wildman–Crippen LogP) is 3.06. The summed E-state index contributed by atoms with van der Waals surface area (Å²) in [6.45, 7) is 7.47. The van der Waals surface area contributed by atoms with Gasteiger partial charge >= 0.3 is 6.18 Å². The quantitative estimate of drug-likeness (QED) is 0.613. The van der Waals surface area contributed by atoms with Crippen molar-refractivity contribution >= 4 is 11.6 Å². The topological polar surface area (TPSA) is 48.1 Å². The van der Waals surface area contributed by atoms with Crippen molar-refractivity contribution in [2.24, 2.45) is 5.92 Å². The number of carbonyl (C=O) groups excluding carboxylic acids is 1. The second-order valence-corrected chi connectivity index (χ2v) is 10.2. The Bertz CT molecular complexity index is 1060. The summed E-state index contributed by atoms with van der Waals surface area (Å²) in [5.41, 5.74) is 2.06. The number of amides is 1. The maximum atomic E-state index is 13.5. The van der Waals surface area contributed by atoms with Gasteiger partial charge in [-0.05, 0) is 42.2 Å². The highest BCUT2D eigenvalue weighted by atomic mass is 19.4. The number of anilines is 1. The molecular formula is C28H35F3N4O2. The Morgan fingerprint density at radius 2 is 1.76 bits per heavy atom. The number of morpholine rings is 1. The van der Waals surface area contributed by atoms with E-state index >= 15 is 0 Å². The molecule has 0 aromatic heterocycles. The summed E-state index contributed by atoms with van der Waals surface area (Å²) in [6, 6.07) is 14.3. The number of nitrogens with one attached hydrogen (secondary N) is 1. The second kappa shape index (κ2) is 11.4. The zero-order valence-electron chi connectivity index (χ0n) is 21.1. The summed E-state index contributed by atoms with van der Waals surface area (Å²) >= 11 is 0. The summed E-state index contributed by atoms with van der Waals surface area (Å²) in [4.78, 5) is 20.3. The molecular weight excluding hydrogens is 481 g/mol. The molecule has 0 radical (unpaired) electrons. The van der Waals surface area contributed by atoms with Gasteiger partial charge in [0.2, 0.25) is 5.91 Å². The third kappa shape index (κ3) is 6.27. The number of fused-ring (bicyclic) bond motifs is 3. The van der Waals surface area contributed by atoms with Crippen molar-refractivity contribution in [2.75, 3.05) is 70.5 Å². The lowest BCUT2D eigenvalue weighted by Gasteiger charge is -2.49. The molecule has 3 heterocycles. The smallest absolute Gasteiger partial charge is 0.379 e. The minimum atomic E-state index is -4.40. The molecule has 9 heteroatoms. The molecule has 3 aliphatic rings. The lowest BCUT2D eigenvalue weighted by molar-refractivity contribution is -0.137. The van der Waals surface area contributed by atoms with Crippen molar-refractivity contribution in [2.45, 2.75) is 25.1 Å². The minimum absolute atomic E-state index is 0.0721. The lowest BCUT2D eigenvalue weighted by atomic mass is 9.82. The normalized spacial score (nSPS) is 22.8. The number of rotatable bonds is 7. The van der Waals surface area contributed by atoms with Crippen LogP contribution in [0.15, 0.2) is 48.5 Å². The highest BCUT2D eigenvalue weighted by molar-refractivity contribution is 5.82. The third-order valence-electron chi connectivity index (χ3n) is 7.85. The van der Waals surface area contributed by atoms with Crippen molar-refractivity contribution in [3.8, 4) is 0 Å². The van der Waals surface area contributed by atoms with E-state index in [1.54, 1.807) is 6.07 Å². The van der Waals surface area contributed by atoms with Crippen molar-refractivity contribution < 1.29 is 22.7 Å². The van der Waals surface area contributed by atoms with E-state index in [1.807, 2.05) is 18.2 Å². The van der Waals surface area contributed by atoms with Crippen LogP contribution < -0.4 is 10.2 Å². The van der Waals surface area contributed by atoms with Crippen LogP contribution in [0.4, 0.5) is 18.9 Å². The van der Waals surface area contributed by atoms with E-state index in [0.29, 0.717) is 38.3 Å². The molecule has 0 unspecified atom stereocenters. The first-order valence-corrected chi connectivity index (χ1v) is 13.2. The fraction of sp³-hybridized carbons (Fsp3) is 0.536. The first kappa shape index (κ1) is 26.0. The van der Waals surface area contributed by atoms with Gasteiger partial charge in [-0.25, -0.2) is 0 Å². The second-order valence-electron chi connectivity index (χ2n) is 10.2. The number of carbonyl (C=O) groups is 1. The molecule has 2 saturated heterocycles. The third-order valence-corrected chi connectivity index (χ3v) is 7.85. The number of hydrogen-bond donors (Lipinski definition) is 1. The largest absolute Gasteiger partial charge is 0.416 e. The summed E-state index contributed by atoms with van der Waals surface area (Å²) in [5, 5.41) is 3.09. The van der Waals surface area contributed by atoms with Crippen LogP contribution in [0.5, 0.6) is 0 Å². The Hall–Kier alpha value is -2.62. The van der Waals surface area contributed by atoms with E-state index in [-0.39, 0.29) is 11.9 Å². The molecule has 2 aromatic rings. The molecule has 6 nitrogen and oxygen atoms in total. The van der Waals surface area contributed by atoms with Crippen LogP contribution >= 0.6 is 0 Å². The predicted molar refractivity (Wildman–Crippen MR) is 137 cm³/mol. The monoisotopic (exact) mass is 516 g/mol. The Kier molecular flexibility index (Phi) is 8.02. The first-order chi connectivity index (χ1) is 17.9. The van der Waals surface area contributed by atoms with Gasteiger partial charge in [0.1, 0.15) is 0 Å². The van der Waals surface area contributed by atoms with Crippen LogP contribution in [-0.4, -0.2) is 87.3 Å². The van der Waals surface area contributed by atoms with E-state index < -0.39 is 17.7 Å². The van der Waals surface area contributed by atoms with Gasteiger partial charge in [0.25, 0.3) is 0 Å². The van der Waals surface area contributed by atoms with E-state index in [0.717, 1.165) is 51.4 Å². The Morgan fingerprint density at radius 1 is 0.973 bits per heavy atom. The molecule has 0 saturated carbocycles. The van der Waals surface area contributed by atoms with Crippen molar-refractivity contribution in [3.63, 3.8) is 0 Å². The molecule has 1 N–H and O–H groups in total. The van der Waals surface area contributed by atoms with Crippen LogP contribution in [0.3, 0.4) is 0 Å². The maximum Gasteiger partial charge on any atom is 0.416 e. The number of piperazine rings is 1. The minimum Gasteiger partial charge on any atom is -0.379 e. The van der Waals surface area contributed by atoms with Crippen LogP contribution in [0.2, 0.25) is 0 Å². The molecule has 2 atom stereocenters. The molecule has 5 rings (SSSR count). The van der Waals surface area contributed by atoms with Crippen LogP contribution in [-0.2, 0) is 28.5 Å². The van der Waals surface area contributed by atoms with Gasteiger partial charge in [-0.15, -0.1) is 0 Å². The molecule has 1 amide bonds. The van der Waals surface area contributed by atoms with Crippen molar-refractivity contribution in [1.82, 2.24) is 15.1 Å². The summed E-state index contributed by atoms with van der Waals surface area (Å²) in [7, 11) is 0. The van der Waals surface area contributed by atoms with Crippen LogP contribution in [0, 0.1) is 5.92 Å². The fourth-order valence-electron chi connectivity index (χ4n) is 5.79. The number of benzene rings is 2. The number of alkyl halides is 3. The maximum absolute atomic E-state index is 13.5. The zero-order valence-corrected chi connectivity index (χ0v) is 21.1. The van der Waals surface area contributed by atoms with E-state index in [9.17, 15) is 18.0 Å². The SMILES string of the molecule is O=C(NCCN1CCOCC1)[C@@H]1Cc2cc(C(F)(F)F)ccc2N2CCN(CCc3ccccc3)C[C@H]12. The van der Waals surface area contributed by atoms with Gasteiger partial charge in [-0.1, -0.05) is 30.3 Å². The fourth-order valence-corrected chi connectivity index (χ4v) is 5.79. The Balaban J connectivity index is 1.30. The summed E-state index contributed by atoms with van der Waals surface area (Å²) in [5.74, 6) is -0.476. The molecule has 3 aliphatic heterocycles. The summed E-state index contributed by atoms with van der Waals surface area (Å²) in [6.07, 6.45) is -3.16. The van der Waals surface area contributed by atoms with E-state index in [2.05, 4.69) is 32.1 Å². The highest BCUT2D eigenvalue weighted by Gasteiger charge is 2.42.